The van der Waals surface area contributed by atoms with E-state index in [9.17, 15) is 4.79 Å². The van der Waals surface area contributed by atoms with Crippen LogP contribution in [0.4, 0.5) is 0 Å². The molecule has 0 unspecified atom stereocenters. The molecule has 2 aromatic rings. The highest BCUT2D eigenvalue weighted by Crippen LogP contribution is 2.24. The number of ether oxygens (including phenoxy) is 1. The smallest absolute Gasteiger partial charge is 0.174 e. The summed E-state index contributed by atoms with van der Waals surface area (Å²) in [4.78, 5) is 13.8. The number of hydrogen-bond acceptors (Lipinski definition) is 3. The fourth-order valence-electron chi connectivity index (χ4n) is 2.82. The van der Waals surface area contributed by atoms with E-state index in [1.165, 1.54) is 11.1 Å². The average molecular weight is 346 g/mol. The molecule has 0 N–H and O–H groups in total. The maximum Gasteiger partial charge on any atom is 0.174 e. The summed E-state index contributed by atoms with van der Waals surface area (Å²) < 4.78 is 7.33. The van der Waals surface area contributed by atoms with E-state index in [1.54, 1.807) is 18.9 Å². The highest BCUT2D eigenvalue weighted by atomic mass is 32.2. The second-order valence-corrected chi connectivity index (χ2v) is 7.29. The molecule has 0 radical (unpaired) electrons. The first-order valence-electron chi connectivity index (χ1n) is 8.33. The molecule has 0 bridgehead atoms. The Hall–Kier alpha value is -1.52. The molecule has 0 saturated heterocycles. The molecule has 24 heavy (non-hydrogen) atoms. The van der Waals surface area contributed by atoms with Gasteiger partial charge < -0.3 is 9.30 Å². The monoisotopic (exact) mass is 345 g/mol. The van der Waals surface area contributed by atoms with Crippen molar-refractivity contribution in [2.45, 2.75) is 45.6 Å². The van der Waals surface area contributed by atoms with Crippen molar-refractivity contribution in [2.75, 3.05) is 19.5 Å². The molecular weight excluding hydrogens is 318 g/mol. The maximum atomic E-state index is 12.6. The van der Waals surface area contributed by atoms with Gasteiger partial charge in [-0.1, -0.05) is 6.07 Å². The molecule has 3 nitrogen and oxygen atoms in total. The molecule has 0 aliphatic rings. The van der Waals surface area contributed by atoms with Gasteiger partial charge in [-0.15, -0.1) is 11.8 Å². The first-order valence-corrected chi connectivity index (χ1v) is 9.31. The molecule has 4 heteroatoms. The summed E-state index contributed by atoms with van der Waals surface area (Å²) >= 11 is 1.61. The van der Waals surface area contributed by atoms with Crippen molar-refractivity contribution < 1.29 is 9.53 Å². The summed E-state index contributed by atoms with van der Waals surface area (Å²) in [5.74, 6) is 0.675. The van der Waals surface area contributed by atoms with Gasteiger partial charge in [0.2, 0.25) is 0 Å². The molecule has 0 fully saturated rings. The van der Waals surface area contributed by atoms with Crippen LogP contribution >= 0.6 is 11.8 Å². The van der Waals surface area contributed by atoms with Gasteiger partial charge in [0.1, 0.15) is 0 Å². The lowest BCUT2D eigenvalue weighted by atomic mass is 10.1. The molecule has 0 aliphatic carbocycles. The molecule has 0 aliphatic heterocycles. The van der Waals surface area contributed by atoms with Gasteiger partial charge >= 0.3 is 0 Å². The molecule has 2 rings (SSSR count). The van der Waals surface area contributed by atoms with Gasteiger partial charge in [0.15, 0.2) is 5.78 Å². The third kappa shape index (κ3) is 4.52. The number of aryl methyl sites for hydroxylation is 3. The van der Waals surface area contributed by atoms with Crippen LogP contribution in [-0.4, -0.2) is 29.8 Å². The third-order valence-electron chi connectivity index (χ3n) is 4.45. The molecule has 130 valence electrons. The van der Waals surface area contributed by atoms with Gasteiger partial charge in [-0.2, -0.15) is 0 Å². The number of carbonyl (C=O) groups is 1. The summed E-state index contributed by atoms with van der Waals surface area (Å²) in [5.41, 5.74) is 5.60. The zero-order valence-electron chi connectivity index (χ0n) is 15.3. The number of nitrogens with zero attached hydrogens (tertiary/aromatic N) is 1. The van der Waals surface area contributed by atoms with E-state index in [0.29, 0.717) is 5.75 Å². The number of methoxy groups -OCH3 is 1. The summed E-state index contributed by atoms with van der Waals surface area (Å²) in [5, 5.41) is 0. The number of thioether (sulfide) groups is 1. The number of carbonyl (C=O) groups excluding carboxylic acids is 1. The normalized spacial score (nSPS) is 11.0. The second kappa shape index (κ2) is 8.54. The van der Waals surface area contributed by atoms with E-state index < -0.39 is 0 Å². The summed E-state index contributed by atoms with van der Waals surface area (Å²) in [6.45, 7) is 9.94. The minimum Gasteiger partial charge on any atom is -0.385 e. The number of hydrogen-bond donors (Lipinski definition) is 0. The van der Waals surface area contributed by atoms with Crippen LogP contribution in [0.2, 0.25) is 0 Å². The first kappa shape index (κ1) is 18.8. The lowest BCUT2D eigenvalue weighted by molar-refractivity contribution is 0.102. The first-order chi connectivity index (χ1) is 11.4. The second-order valence-electron chi connectivity index (χ2n) is 6.24. The van der Waals surface area contributed by atoms with Gasteiger partial charge in [0.25, 0.3) is 0 Å². The van der Waals surface area contributed by atoms with E-state index in [-0.39, 0.29) is 5.78 Å². The van der Waals surface area contributed by atoms with Crippen LogP contribution in [0.25, 0.3) is 0 Å². The van der Waals surface area contributed by atoms with Crippen LogP contribution in [0, 0.1) is 27.7 Å². The number of ketones is 1. The molecule has 0 atom stereocenters. The molecular formula is C20H27NO2S. The lowest BCUT2D eigenvalue weighted by Gasteiger charge is -2.09. The summed E-state index contributed by atoms with van der Waals surface area (Å²) in [6.07, 6.45) is 0.956. The van der Waals surface area contributed by atoms with Gasteiger partial charge in [0.05, 0.1) is 5.75 Å². The molecule has 0 spiro atoms. The van der Waals surface area contributed by atoms with E-state index >= 15 is 0 Å². The zero-order chi connectivity index (χ0) is 17.7. The predicted octanol–water partition coefficient (Wildman–Crippen LogP) is 4.73. The fourth-order valence-corrected chi connectivity index (χ4v) is 3.70. The number of aromatic nitrogens is 1. The van der Waals surface area contributed by atoms with Gasteiger partial charge in [0, 0.05) is 42.1 Å². The molecule has 0 saturated carbocycles. The Labute approximate surface area is 149 Å². The quantitative estimate of drug-likeness (QED) is 0.394. The van der Waals surface area contributed by atoms with E-state index in [4.69, 9.17) is 4.74 Å². The fraction of sp³-hybridized carbons (Fsp3) is 0.450. The molecule has 1 heterocycles. The van der Waals surface area contributed by atoms with Crippen LogP contribution in [0.5, 0.6) is 0 Å². The van der Waals surface area contributed by atoms with Crippen LogP contribution < -0.4 is 0 Å². The Bertz CT molecular complexity index is 719. The summed E-state index contributed by atoms with van der Waals surface area (Å²) in [6, 6.07) is 8.38. The van der Waals surface area contributed by atoms with Crippen molar-refractivity contribution in [3.63, 3.8) is 0 Å². The number of Topliss-reactive ketones (excluding diaryl/α,β-unsaturated/α-hetero) is 1. The van der Waals surface area contributed by atoms with Gasteiger partial charge in [-0.25, -0.2) is 0 Å². The molecule has 1 aromatic carbocycles. The SMILES string of the molecule is COCCCn1c(C)cc(C(=O)CSc2ccc(C)c(C)c2)c1C. The lowest BCUT2D eigenvalue weighted by Crippen LogP contribution is -2.08. The number of benzene rings is 1. The minimum absolute atomic E-state index is 0.198. The Morgan fingerprint density at radius 2 is 1.88 bits per heavy atom. The van der Waals surface area contributed by atoms with Crippen molar-refractivity contribution in [3.05, 3.63) is 52.3 Å². The Kier molecular flexibility index (Phi) is 6.69. The van der Waals surface area contributed by atoms with Crippen LogP contribution in [-0.2, 0) is 11.3 Å². The molecule has 1 aromatic heterocycles. The van der Waals surface area contributed by atoms with Crippen molar-refractivity contribution in [2.24, 2.45) is 0 Å². The average Bonchev–Trinajstić information content (AvgIpc) is 2.84. The van der Waals surface area contributed by atoms with Crippen molar-refractivity contribution in [3.8, 4) is 0 Å². The van der Waals surface area contributed by atoms with Gasteiger partial charge in [-0.05, 0) is 63.4 Å². The highest BCUT2D eigenvalue weighted by molar-refractivity contribution is 8.00. The Balaban J connectivity index is 2.04. The topological polar surface area (TPSA) is 31.2 Å². The van der Waals surface area contributed by atoms with Crippen molar-refractivity contribution in [1.29, 1.82) is 0 Å². The van der Waals surface area contributed by atoms with E-state index in [0.717, 1.165) is 41.4 Å². The maximum absolute atomic E-state index is 12.6. The standard InChI is InChI=1S/C20H27NO2S/c1-14-7-8-18(11-15(14)2)24-13-20(22)19-12-16(3)21(17(19)4)9-6-10-23-5/h7-8,11-12H,6,9-10,13H2,1-5H3. The highest BCUT2D eigenvalue weighted by Gasteiger charge is 2.15. The Morgan fingerprint density at radius 3 is 2.54 bits per heavy atom. The third-order valence-corrected chi connectivity index (χ3v) is 5.45. The van der Waals surface area contributed by atoms with Crippen LogP contribution in [0.15, 0.2) is 29.2 Å². The van der Waals surface area contributed by atoms with E-state index in [2.05, 4.69) is 43.5 Å². The van der Waals surface area contributed by atoms with Crippen molar-refractivity contribution in [1.82, 2.24) is 4.57 Å². The van der Waals surface area contributed by atoms with E-state index in [1.807, 2.05) is 13.0 Å². The molecule has 0 amide bonds. The Morgan fingerprint density at radius 1 is 1.12 bits per heavy atom. The zero-order valence-corrected chi connectivity index (χ0v) is 16.1. The van der Waals surface area contributed by atoms with Gasteiger partial charge in [-0.3, -0.25) is 4.79 Å². The largest absolute Gasteiger partial charge is 0.385 e. The van der Waals surface area contributed by atoms with Crippen molar-refractivity contribution >= 4 is 17.5 Å². The predicted molar refractivity (Wildman–Crippen MR) is 101 cm³/mol. The van der Waals surface area contributed by atoms with Crippen LogP contribution in [0.3, 0.4) is 0 Å². The number of rotatable bonds is 8. The summed E-state index contributed by atoms with van der Waals surface area (Å²) in [7, 11) is 1.72. The minimum atomic E-state index is 0.198. The van der Waals surface area contributed by atoms with Crippen LogP contribution in [0.1, 0.15) is 39.3 Å².